The molecule has 1 atom stereocenters. The molecule has 1 aliphatic rings. The van der Waals surface area contributed by atoms with E-state index in [1.165, 1.54) is 11.4 Å². The number of nitrogens with zero attached hydrogens (tertiary/aromatic N) is 3. The second-order valence-electron chi connectivity index (χ2n) is 6.79. The first-order chi connectivity index (χ1) is 9.37. The van der Waals surface area contributed by atoms with Crippen molar-refractivity contribution in [3.63, 3.8) is 0 Å². The third kappa shape index (κ3) is 2.18. The highest BCUT2D eigenvalue weighted by Crippen LogP contribution is 2.42. The minimum atomic E-state index is -0.338. The minimum Gasteiger partial charge on any atom is -0.388 e. The van der Waals surface area contributed by atoms with E-state index < -0.39 is 0 Å². The van der Waals surface area contributed by atoms with Crippen LogP contribution < -0.4 is 0 Å². The Kier molecular flexibility index (Phi) is 3.01. The van der Waals surface area contributed by atoms with Crippen LogP contribution in [0.4, 0.5) is 0 Å². The normalized spacial score (nSPS) is 20.9. The highest BCUT2D eigenvalue weighted by atomic mass is 16.3. The number of hydrogen-bond acceptors (Lipinski definition) is 2. The molecule has 0 saturated carbocycles. The molecule has 108 valence electrons. The van der Waals surface area contributed by atoms with Gasteiger partial charge in [0, 0.05) is 36.4 Å². The molecule has 20 heavy (non-hydrogen) atoms. The average molecular weight is 273 g/mol. The van der Waals surface area contributed by atoms with E-state index in [0.717, 1.165) is 30.8 Å². The molecule has 1 aliphatic carbocycles. The second kappa shape index (κ2) is 4.48. The van der Waals surface area contributed by atoms with Crippen molar-refractivity contribution < 1.29 is 5.11 Å². The zero-order valence-corrected chi connectivity index (χ0v) is 12.7. The van der Waals surface area contributed by atoms with Gasteiger partial charge in [-0.2, -0.15) is 0 Å². The number of imidazole rings is 1. The number of rotatable bonds is 2. The molecular formula is C16H23N3O. The van der Waals surface area contributed by atoms with Gasteiger partial charge >= 0.3 is 0 Å². The Hall–Kier alpha value is -1.55. The third-order valence-electron chi connectivity index (χ3n) is 4.42. The van der Waals surface area contributed by atoms with Crippen molar-refractivity contribution in [1.82, 2.24) is 14.1 Å². The molecule has 0 amide bonds. The van der Waals surface area contributed by atoms with Gasteiger partial charge in [-0.25, -0.2) is 4.98 Å². The summed E-state index contributed by atoms with van der Waals surface area (Å²) in [5.41, 5.74) is 3.73. The lowest BCUT2D eigenvalue weighted by Crippen LogP contribution is -2.27. The lowest BCUT2D eigenvalue weighted by Gasteiger charge is -2.34. The SMILES string of the molecule is Cc1cc2c(n1Cc1nccn1C)CC(C)(C)CC2O. The van der Waals surface area contributed by atoms with E-state index in [-0.39, 0.29) is 11.5 Å². The molecule has 2 heterocycles. The van der Waals surface area contributed by atoms with E-state index in [0.29, 0.717) is 0 Å². The summed E-state index contributed by atoms with van der Waals surface area (Å²) in [6, 6.07) is 2.14. The smallest absolute Gasteiger partial charge is 0.128 e. The molecule has 0 radical (unpaired) electrons. The molecule has 2 aromatic heterocycles. The lowest BCUT2D eigenvalue weighted by molar-refractivity contribution is 0.0980. The maximum atomic E-state index is 10.4. The quantitative estimate of drug-likeness (QED) is 0.914. The topological polar surface area (TPSA) is 43.0 Å². The lowest BCUT2D eigenvalue weighted by atomic mass is 9.75. The summed E-state index contributed by atoms with van der Waals surface area (Å²) in [6.45, 7) is 7.34. The number of aliphatic hydroxyl groups excluding tert-OH is 1. The standard InChI is InChI=1S/C16H23N3O/c1-11-7-12-13(8-16(2,3)9-14(12)20)19(11)10-15-17-5-6-18(15)4/h5-7,14,20H,8-10H2,1-4H3. The first-order valence-corrected chi connectivity index (χ1v) is 7.20. The molecule has 3 rings (SSSR count). The van der Waals surface area contributed by atoms with Gasteiger partial charge in [0.25, 0.3) is 0 Å². The van der Waals surface area contributed by atoms with Crippen molar-refractivity contribution in [3.05, 3.63) is 41.2 Å². The van der Waals surface area contributed by atoms with Crippen molar-refractivity contribution in [2.75, 3.05) is 0 Å². The molecule has 0 aromatic carbocycles. The average Bonchev–Trinajstić information content (AvgIpc) is 2.86. The highest BCUT2D eigenvalue weighted by molar-refractivity contribution is 5.33. The molecule has 0 fully saturated rings. The number of hydrogen-bond donors (Lipinski definition) is 1. The Morgan fingerprint density at radius 3 is 2.85 bits per heavy atom. The van der Waals surface area contributed by atoms with Crippen LogP contribution in [0.25, 0.3) is 0 Å². The van der Waals surface area contributed by atoms with E-state index in [9.17, 15) is 5.11 Å². The van der Waals surface area contributed by atoms with Gasteiger partial charge in [-0.3, -0.25) is 0 Å². The van der Waals surface area contributed by atoms with Crippen molar-refractivity contribution in [2.24, 2.45) is 12.5 Å². The fourth-order valence-corrected chi connectivity index (χ4v) is 3.31. The molecule has 1 unspecified atom stereocenters. The van der Waals surface area contributed by atoms with Crippen LogP contribution in [0.2, 0.25) is 0 Å². The van der Waals surface area contributed by atoms with Crippen LogP contribution in [-0.4, -0.2) is 19.2 Å². The largest absolute Gasteiger partial charge is 0.388 e. The van der Waals surface area contributed by atoms with Gasteiger partial charge in [-0.05, 0) is 31.2 Å². The predicted octanol–water partition coefficient (Wildman–Crippen LogP) is 2.58. The Bertz CT molecular complexity index is 636. The molecule has 0 saturated heterocycles. The summed E-state index contributed by atoms with van der Waals surface area (Å²) in [5, 5.41) is 10.4. The van der Waals surface area contributed by atoms with E-state index in [4.69, 9.17) is 0 Å². The van der Waals surface area contributed by atoms with Gasteiger partial charge in [0.05, 0.1) is 12.6 Å². The highest BCUT2D eigenvalue weighted by Gasteiger charge is 2.34. The number of aryl methyl sites for hydroxylation is 2. The molecule has 0 bridgehead atoms. The van der Waals surface area contributed by atoms with Crippen LogP contribution in [-0.2, 0) is 20.0 Å². The summed E-state index contributed by atoms with van der Waals surface area (Å²) in [6.07, 6.45) is 5.32. The Balaban J connectivity index is 2.03. The van der Waals surface area contributed by atoms with Crippen LogP contribution in [0.15, 0.2) is 18.5 Å². The first kappa shape index (κ1) is 13.4. The van der Waals surface area contributed by atoms with Crippen molar-refractivity contribution in [2.45, 2.75) is 46.3 Å². The summed E-state index contributed by atoms with van der Waals surface area (Å²) < 4.78 is 4.36. The fourth-order valence-electron chi connectivity index (χ4n) is 3.31. The van der Waals surface area contributed by atoms with Crippen LogP contribution >= 0.6 is 0 Å². The third-order valence-corrected chi connectivity index (χ3v) is 4.42. The summed E-state index contributed by atoms with van der Waals surface area (Å²) in [7, 11) is 2.02. The van der Waals surface area contributed by atoms with Gasteiger partial charge in [-0.1, -0.05) is 13.8 Å². The zero-order valence-electron chi connectivity index (χ0n) is 12.7. The van der Waals surface area contributed by atoms with Crippen LogP contribution in [0, 0.1) is 12.3 Å². The van der Waals surface area contributed by atoms with Crippen molar-refractivity contribution in [3.8, 4) is 0 Å². The molecule has 4 heteroatoms. The molecule has 0 aliphatic heterocycles. The first-order valence-electron chi connectivity index (χ1n) is 7.20. The van der Waals surface area contributed by atoms with Crippen LogP contribution in [0.3, 0.4) is 0 Å². The van der Waals surface area contributed by atoms with E-state index in [1.807, 2.05) is 19.4 Å². The van der Waals surface area contributed by atoms with Gasteiger partial charge in [0.1, 0.15) is 5.82 Å². The second-order valence-corrected chi connectivity index (χ2v) is 6.79. The van der Waals surface area contributed by atoms with E-state index in [1.54, 1.807) is 0 Å². The van der Waals surface area contributed by atoms with Crippen LogP contribution in [0.1, 0.15) is 49.1 Å². The zero-order chi connectivity index (χ0) is 14.5. The molecule has 2 aromatic rings. The maximum absolute atomic E-state index is 10.4. The molecule has 0 spiro atoms. The summed E-state index contributed by atoms with van der Waals surface area (Å²) in [5.74, 6) is 1.05. The van der Waals surface area contributed by atoms with E-state index >= 15 is 0 Å². The minimum absolute atomic E-state index is 0.149. The summed E-state index contributed by atoms with van der Waals surface area (Å²) in [4.78, 5) is 4.42. The number of aromatic nitrogens is 3. The van der Waals surface area contributed by atoms with E-state index in [2.05, 4.69) is 41.0 Å². The summed E-state index contributed by atoms with van der Waals surface area (Å²) >= 11 is 0. The maximum Gasteiger partial charge on any atom is 0.128 e. The Labute approximate surface area is 120 Å². The number of aliphatic hydroxyl groups is 1. The molecular weight excluding hydrogens is 250 g/mol. The van der Waals surface area contributed by atoms with Gasteiger partial charge in [0.15, 0.2) is 0 Å². The van der Waals surface area contributed by atoms with Gasteiger partial charge in [-0.15, -0.1) is 0 Å². The Morgan fingerprint density at radius 1 is 1.45 bits per heavy atom. The van der Waals surface area contributed by atoms with Crippen molar-refractivity contribution >= 4 is 0 Å². The van der Waals surface area contributed by atoms with Gasteiger partial charge in [0.2, 0.25) is 0 Å². The number of fused-ring (bicyclic) bond motifs is 1. The molecule has 1 N–H and O–H groups in total. The Morgan fingerprint density at radius 2 is 2.20 bits per heavy atom. The van der Waals surface area contributed by atoms with Gasteiger partial charge < -0.3 is 14.2 Å². The fraction of sp³-hybridized carbons (Fsp3) is 0.562. The predicted molar refractivity (Wildman–Crippen MR) is 78.5 cm³/mol. The van der Waals surface area contributed by atoms with Crippen LogP contribution in [0.5, 0.6) is 0 Å². The van der Waals surface area contributed by atoms with Crippen molar-refractivity contribution in [1.29, 1.82) is 0 Å². The molecule has 4 nitrogen and oxygen atoms in total. The monoisotopic (exact) mass is 273 g/mol.